The zero-order valence-electron chi connectivity index (χ0n) is 9.39. The van der Waals surface area contributed by atoms with Crippen molar-refractivity contribution in [2.75, 3.05) is 31.6 Å². The molecule has 0 saturated carbocycles. The average molecular weight is 257 g/mol. The first-order chi connectivity index (χ1) is 8.20. The van der Waals surface area contributed by atoms with Crippen molar-refractivity contribution in [3.8, 4) is 0 Å². The summed E-state index contributed by atoms with van der Waals surface area (Å²) in [5.74, 6) is 0.581. The Morgan fingerprint density at radius 2 is 2.47 bits per heavy atom. The van der Waals surface area contributed by atoms with Gasteiger partial charge in [0.05, 0.1) is 13.2 Å². The predicted octanol–water partition coefficient (Wildman–Crippen LogP) is 0.0812. The number of halogens is 1. The number of nitrogens with one attached hydrogen (secondary N) is 1. The maximum atomic E-state index is 11.5. The Kier molecular flexibility index (Phi) is 3.75. The van der Waals surface area contributed by atoms with Gasteiger partial charge in [-0.3, -0.25) is 4.79 Å². The first-order valence-electron chi connectivity index (χ1n) is 5.26. The van der Waals surface area contributed by atoms with E-state index in [0.29, 0.717) is 30.7 Å². The number of ether oxygens (including phenoxy) is 1. The molecule has 1 N–H and O–H groups in total. The normalized spacial score (nSPS) is 20.1. The molecule has 0 aliphatic carbocycles. The topological polar surface area (TPSA) is 67.4 Å². The second-order valence-corrected chi connectivity index (χ2v) is 4.01. The minimum absolute atomic E-state index is 0.130. The van der Waals surface area contributed by atoms with Gasteiger partial charge in [-0.1, -0.05) is 11.6 Å². The SMILES string of the molecule is CNC(=O)C1CN(c2cc(Cl)ncn2)CCO1. The molecule has 1 amide bonds. The fraction of sp³-hybridized carbons (Fsp3) is 0.500. The van der Waals surface area contributed by atoms with Gasteiger partial charge in [0.15, 0.2) is 6.10 Å². The fourth-order valence-electron chi connectivity index (χ4n) is 1.67. The molecule has 1 aromatic rings. The number of rotatable bonds is 2. The van der Waals surface area contributed by atoms with E-state index in [0.717, 1.165) is 0 Å². The Morgan fingerprint density at radius 1 is 1.65 bits per heavy atom. The van der Waals surface area contributed by atoms with Gasteiger partial charge in [0.25, 0.3) is 5.91 Å². The molecular formula is C10H13ClN4O2. The fourth-order valence-corrected chi connectivity index (χ4v) is 1.82. The van der Waals surface area contributed by atoms with Gasteiger partial charge in [-0.2, -0.15) is 0 Å². The summed E-state index contributed by atoms with van der Waals surface area (Å²) in [6.45, 7) is 1.63. The van der Waals surface area contributed by atoms with Crippen molar-refractivity contribution in [1.29, 1.82) is 0 Å². The van der Waals surface area contributed by atoms with Crippen LogP contribution in [0.4, 0.5) is 5.82 Å². The monoisotopic (exact) mass is 256 g/mol. The van der Waals surface area contributed by atoms with Crippen LogP contribution in [0.3, 0.4) is 0 Å². The number of aromatic nitrogens is 2. The molecule has 92 valence electrons. The zero-order chi connectivity index (χ0) is 12.3. The molecule has 1 aliphatic heterocycles. The summed E-state index contributed by atoms with van der Waals surface area (Å²) in [5.41, 5.74) is 0. The molecular weight excluding hydrogens is 244 g/mol. The average Bonchev–Trinajstić information content (AvgIpc) is 2.38. The highest BCUT2D eigenvalue weighted by Crippen LogP contribution is 2.17. The first kappa shape index (κ1) is 12.1. The molecule has 0 radical (unpaired) electrons. The van der Waals surface area contributed by atoms with Gasteiger partial charge in [-0.15, -0.1) is 0 Å². The maximum absolute atomic E-state index is 11.5. The molecule has 1 fully saturated rings. The van der Waals surface area contributed by atoms with Gasteiger partial charge in [-0.05, 0) is 0 Å². The standard InChI is InChI=1S/C10H13ClN4O2/c1-12-10(16)7-5-15(2-3-17-7)9-4-8(11)13-6-14-9/h4,6-7H,2-3,5H2,1H3,(H,12,16). The van der Waals surface area contributed by atoms with Crippen molar-refractivity contribution in [2.45, 2.75) is 6.10 Å². The van der Waals surface area contributed by atoms with Crippen LogP contribution in [0, 0.1) is 0 Å². The molecule has 17 heavy (non-hydrogen) atoms. The highest BCUT2D eigenvalue weighted by atomic mass is 35.5. The zero-order valence-corrected chi connectivity index (χ0v) is 10.1. The van der Waals surface area contributed by atoms with Crippen molar-refractivity contribution in [2.24, 2.45) is 0 Å². The summed E-state index contributed by atoms with van der Waals surface area (Å²) in [4.78, 5) is 21.4. The summed E-state index contributed by atoms with van der Waals surface area (Å²) in [6.07, 6.45) is 0.935. The molecule has 2 heterocycles. The second-order valence-electron chi connectivity index (χ2n) is 3.62. The summed E-state index contributed by atoms with van der Waals surface area (Å²) < 4.78 is 5.38. The van der Waals surface area contributed by atoms with E-state index < -0.39 is 6.10 Å². The number of carbonyl (C=O) groups excluding carboxylic acids is 1. The van der Waals surface area contributed by atoms with Crippen molar-refractivity contribution in [1.82, 2.24) is 15.3 Å². The van der Waals surface area contributed by atoms with Crippen LogP contribution < -0.4 is 10.2 Å². The number of carbonyl (C=O) groups is 1. The van der Waals surface area contributed by atoms with Crippen LogP contribution in [0.15, 0.2) is 12.4 Å². The Bertz CT molecular complexity index is 415. The Morgan fingerprint density at radius 3 is 3.18 bits per heavy atom. The van der Waals surface area contributed by atoms with E-state index in [9.17, 15) is 4.79 Å². The van der Waals surface area contributed by atoms with Crippen molar-refractivity contribution in [3.63, 3.8) is 0 Å². The molecule has 6 nitrogen and oxygen atoms in total. The third kappa shape index (κ3) is 2.83. The van der Waals surface area contributed by atoms with Crippen LogP contribution in [0.25, 0.3) is 0 Å². The maximum Gasteiger partial charge on any atom is 0.250 e. The number of likely N-dealkylation sites (N-methyl/N-ethyl adjacent to an activating group) is 1. The molecule has 0 spiro atoms. The summed E-state index contributed by atoms with van der Waals surface area (Å²) in [7, 11) is 1.59. The molecule has 1 aliphatic rings. The van der Waals surface area contributed by atoms with E-state index in [4.69, 9.17) is 16.3 Å². The van der Waals surface area contributed by atoms with E-state index in [1.54, 1.807) is 13.1 Å². The number of hydrogen-bond acceptors (Lipinski definition) is 5. The molecule has 0 aromatic carbocycles. The van der Waals surface area contributed by atoms with E-state index in [-0.39, 0.29) is 5.91 Å². The molecule has 1 atom stereocenters. The Hall–Kier alpha value is -1.40. The highest BCUT2D eigenvalue weighted by molar-refractivity contribution is 6.29. The van der Waals surface area contributed by atoms with E-state index >= 15 is 0 Å². The van der Waals surface area contributed by atoms with Crippen LogP contribution >= 0.6 is 11.6 Å². The molecule has 1 aromatic heterocycles. The molecule has 7 heteroatoms. The lowest BCUT2D eigenvalue weighted by molar-refractivity contribution is -0.132. The summed E-state index contributed by atoms with van der Waals surface area (Å²) in [6, 6.07) is 1.67. The minimum atomic E-state index is -0.470. The molecule has 2 rings (SSSR count). The third-order valence-electron chi connectivity index (χ3n) is 2.55. The smallest absolute Gasteiger partial charge is 0.250 e. The van der Waals surface area contributed by atoms with Crippen LogP contribution in [-0.4, -0.2) is 48.7 Å². The summed E-state index contributed by atoms with van der Waals surface area (Å²) >= 11 is 5.80. The van der Waals surface area contributed by atoms with Gasteiger partial charge in [0.1, 0.15) is 17.3 Å². The van der Waals surface area contributed by atoms with Crippen molar-refractivity contribution >= 4 is 23.3 Å². The van der Waals surface area contributed by atoms with Crippen molar-refractivity contribution in [3.05, 3.63) is 17.5 Å². The highest BCUT2D eigenvalue weighted by Gasteiger charge is 2.26. The van der Waals surface area contributed by atoms with E-state index in [1.165, 1.54) is 6.33 Å². The molecule has 1 saturated heterocycles. The van der Waals surface area contributed by atoms with Gasteiger partial charge in [0, 0.05) is 19.7 Å². The van der Waals surface area contributed by atoms with E-state index in [2.05, 4.69) is 15.3 Å². The summed E-state index contributed by atoms with van der Waals surface area (Å²) in [5, 5.41) is 2.96. The van der Waals surface area contributed by atoms with E-state index in [1.807, 2.05) is 4.90 Å². The molecule has 1 unspecified atom stereocenters. The van der Waals surface area contributed by atoms with Crippen LogP contribution in [0.2, 0.25) is 5.15 Å². The number of amides is 1. The van der Waals surface area contributed by atoms with Gasteiger partial charge in [0.2, 0.25) is 0 Å². The number of morpholine rings is 1. The second kappa shape index (κ2) is 5.29. The lowest BCUT2D eigenvalue weighted by Crippen LogP contribution is -2.49. The largest absolute Gasteiger partial charge is 0.365 e. The third-order valence-corrected chi connectivity index (χ3v) is 2.76. The first-order valence-corrected chi connectivity index (χ1v) is 5.64. The van der Waals surface area contributed by atoms with Gasteiger partial charge < -0.3 is 15.0 Å². The van der Waals surface area contributed by atoms with Crippen LogP contribution in [0.1, 0.15) is 0 Å². The molecule has 0 bridgehead atoms. The van der Waals surface area contributed by atoms with Gasteiger partial charge in [-0.25, -0.2) is 9.97 Å². The Labute approximate surface area is 104 Å². The Balaban J connectivity index is 2.09. The van der Waals surface area contributed by atoms with Gasteiger partial charge >= 0.3 is 0 Å². The minimum Gasteiger partial charge on any atom is -0.365 e. The predicted molar refractivity (Wildman–Crippen MR) is 63.1 cm³/mol. The van der Waals surface area contributed by atoms with Crippen molar-refractivity contribution < 1.29 is 9.53 Å². The number of anilines is 1. The quantitative estimate of drug-likeness (QED) is 0.759. The number of hydrogen-bond donors (Lipinski definition) is 1. The van der Waals surface area contributed by atoms with Crippen LogP contribution in [-0.2, 0) is 9.53 Å². The van der Waals surface area contributed by atoms with Crippen LogP contribution in [0.5, 0.6) is 0 Å². The lowest BCUT2D eigenvalue weighted by atomic mass is 10.2. The lowest BCUT2D eigenvalue weighted by Gasteiger charge is -2.32. The number of nitrogens with zero attached hydrogens (tertiary/aromatic N) is 3.